The molecule has 5 heteroatoms. The first kappa shape index (κ1) is 13.8. The van der Waals surface area contributed by atoms with Crippen LogP contribution < -0.4 is 5.73 Å². The van der Waals surface area contributed by atoms with Gasteiger partial charge in [0.2, 0.25) is 0 Å². The molecule has 2 aromatic heterocycles. The summed E-state index contributed by atoms with van der Waals surface area (Å²) >= 11 is 0. The minimum atomic E-state index is 0.601. The van der Waals surface area contributed by atoms with Gasteiger partial charge in [0.15, 0.2) is 0 Å². The Morgan fingerprint density at radius 3 is 2.68 bits per heavy atom. The van der Waals surface area contributed by atoms with E-state index in [0.29, 0.717) is 11.6 Å². The lowest BCUT2D eigenvalue weighted by Gasteiger charge is -2.08. The van der Waals surface area contributed by atoms with Crippen LogP contribution >= 0.6 is 0 Å². The lowest BCUT2D eigenvalue weighted by Crippen LogP contribution is -2.07. The van der Waals surface area contributed by atoms with Crippen molar-refractivity contribution in [1.29, 1.82) is 0 Å². The highest BCUT2D eigenvalue weighted by atomic mass is 15.3. The number of nitrogens with two attached hydrogens (primary N) is 1. The molecule has 0 radical (unpaired) electrons. The van der Waals surface area contributed by atoms with Gasteiger partial charge in [-0.3, -0.25) is 0 Å². The van der Waals surface area contributed by atoms with Crippen molar-refractivity contribution in [2.45, 2.75) is 58.8 Å². The monoisotopic (exact) mass is 261 g/mol. The van der Waals surface area contributed by atoms with E-state index in [9.17, 15) is 0 Å². The van der Waals surface area contributed by atoms with E-state index < -0.39 is 0 Å². The van der Waals surface area contributed by atoms with Crippen LogP contribution in [0.1, 0.15) is 56.7 Å². The molecule has 104 valence electrons. The Morgan fingerprint density at radius 1 is 1.16 bits per heavy atom. The highest BCUT2D eigenvalue weighted by Crippen LogP contribution is 2.17. The zero-order valence-corrected chi connectivity index (χ0v) is 11.9. The van der Waals surface area contributed by atoms with Crippen LogP contribution in [-0.4, -0.2) is 19.6 Å². The van der Waals surface area contributed by atoms with Crippen molar-refractivity contribution in [2.75, 3.05) is 5.73 Å². The Labute approximate surface area is 114 Å². The minimum absolute atomic E-state index is 0.601. The second kappa shape index (κ2) is 6.50. The summed E-state index contributed by atoms with van der Waals surface area (Å²) in [4.78, 5) is 8.65. The van der Waals surface area contributed by atoms with Gasteiger partial charge >= 0.3 is 0 Å². The molecular weight excluding hydrogens is 238 g/mol. The van der Waals surface area contributed by atoms with Gasteiger partial charge in [0.05, 0.1) is 5.69 Å². The largest absolute Gasteiger partial charge is 0.383 e. The molecule has 2 N–H and O–H groups in total. The van der Waals surface area contributed by atoms with E-state index in [2.05, 4.69) is 22.0 Å². The fraction of sp³-hybridized carbons (Fsp3) is 0.643. The maximum Gasteiger partial charge on any atom is 0.254 e. The smallest absolute Gasteiger partial charge is 0.254 e. The molecule has 0 unspecified atom stereocenters. The summed E-state index contributed by atoms with van der Waals surface area (Å²) in [6.45, 7) is 4.25. The van der Waals surface area contributed by atoms with Gasteiger partial charge in [0.25, 0.3) is 5.78 Å². The summed E-state index contributed by atoms with van der Waals surface area (Å²) in [7, 11) is 0. The van der Waals surface area contributed by atoms with E-state index in [1.165, 1.54) is 44.9 Å². The standard InChI is InChI=1S/C14H23N5/c1-3-4-5-6-7-8-9-12-11(2)13(15)19-14(18-12)16-10-17-19/h10H,3-9,15H2,1-2H3. The number of anilines is 1. The molecule has 2 aromatic rings. The Bertz CT molecular complexity index is 532. The molecule has 0 aromatic carbocycles. The number of hydrogen-bond acceptors (Lipinski definition) is 4. The zero-order valence-electron chi connectivity index (χ0n) is 11.9. The Hall–Kier alpha value is -1.65. The number of fused-ring (bicyclic) bond motifs is 1. The predicted molar refractivity (Wildman–Crippen MR) is 77.0 cm³/mol. The molecule has 0 spiro atoms. The molecular formula is C14H23N5. The predicted octanol–water partition coefficient (Wildman–Crippen LogP) is 2.92. The van der Waals surface area contributed by atoms with Crippen LogP contribution in [0.4, 0.5) is 5.82 Å². The minimum Gasteiger partial charge on any atom is -0.383 e. The third-order valence-electron chi connectivity index (χ3n) is 3.58. The first-order valence-electron chi connectivity index (χ1n) is 7.18. The van der Waals surface area contributed by atoms with Crippen LogP contribution in [0.5, 0.6) is 0 Å². The van der Waals surface area contributed by atoms with Crippen molar-refractivity contribution in [1.82, 2.24) is 19.6 Å². The maximum absolute atomic E-state index is 6.05. The Morgan fingerprint density at radius 2 is 1.89 bits per heavy atom. The fourth-order valence-electron chi connectivity index (χ4n) is 2.31. The number of nitrogen functional groups attached to an aromatic ring is 1. The number of aryl methyl sites for hydroxylation is 1. The number of rotatable bonds is 7. The molecule has 0 amide bonds. The van der Waals surface area contributed by atoms with Gasteiger partial charge in [-0.15, -0.1) is 0 Å². The molecule has 0 bridgehead atoms. The van der Waals surface area contributed by atoms with Crippen LogP contribution in [0, 0.1) is 6.92 Å². The third kappa shape index (κ3) is 3.22. The quantitative estimate of drug-likeness (QED) is 0.778. The van der Waals surface area contributed by atoms with Crippen molar-refractivity contribution in [2.24, 2.45) is 0 Å². The zero-order chi connectivity index (χ0) is 13.7. The summed E-state index contributed by atoms with van der Waals surface area (Å²) in [6.07, 6.45) is 10.2. The molecule has 0 atom stereocenters. The van der Waals surface area contributed by atoms with Crippen molar-refractivity contribution in [3.63, 3.8) is 0 Å². The number of hydrogen-bond donors (Lipinski definition) is 1. The average Bonchev–Trinajstić information content (AvgIpc) is 2.87. The lowest BCUT2D eigenvalue weighted by molar-refractivity contribution is 0.604. The molecule has 0 fully saturated rings. The van der Waals surface area contributed by atoms with Crippen LogP contribution in [0.3, 0.4) is 0 Å². The van der Waals surface area contributed by atoms with Crippen molar-refractivity contribution in [3.8, 4) is 0 Å². The van der Waals surface area contributed by atoms with Crippen LogP contribution in [0.2, 0.25) is 0 Å². The molecule has 0 aliphatic carbocycles. The summed E-state index contributed by atoms with van der Waals surface area (Å²) < 4.78 is 1.60. The van der Waals surface area contributed by atoms with E-state index in [1.54, 1.807) is 4.52 Å². The molecule has 5 nitrogen and oxygen atoms in total. The van der Waals surface area contributed by atoms with E-state index in [4.69, 9.17) is 5.73 Å². The van der Waals surface area contributed by atoms with E-state index in [0.717, 1.165) is 17.7 Å². The molecule has 2 rings (SSSR count). The SMILES string of the molecule is CCCCCCCCc1nc2ncnn2c(N)c1C. The van der Waals surface area contributed by atoms with Gasteiger partial charge in [-0.05, 0) is 19.8 Å². The normalized spacial score (nSPS) is 11.3. The fourth-order valence-corrected chi connectivity index (χ4v) is 2.31. The number of unbranched alkanes of at least 4 members (excludes halogenated alkanes) is 5. The van der Waals surface area contributed by atoms with Crippen LogP contribution in [0.25, 0.3) is 5.78 Å². The van der Waals surface area contributed by atoms with Gasteiger partial charge in [0.1, 0.15) is 12.1 Å². The second-order valence-corrected chi connectivity index (χ2v) is 5.06. The van der Waals surface area contributed by atoms with E-state index in [-0.39, 0.29) is 0 Å². The van der Waals surface area contributed by atoms with Gasteiger partial charge < -0.3 is 5.73 Å². The Balaban J connectivity index is 1.95. The number of aromatic nitrogens is 4. The van der Waals surface area contributed by atoms with Gasteiger partial charge in [-0.2, -0.15) is 14.6 Å². The molecule has 0 saturated carbocycles. The van der Waals surface area contributed by atoms with Gasteiger partial charge in [0, 0.05) is 5.56 Å². The lowest BCUT2D eigenvalue weighted by atomic mass is 10.1. The van der Waals surface area contributed by atoms with Gasteiger partial charge in [-0.25, -0.2) is 4.98 Å². The second-order valence-electron chi connectivity index (χ2n) is 5.06. The van der Waals surface area contributed by atoms with Crippen molar-refractivity contribution in [3.05, 3.63) is 17.6 Å². The average molecular weight is 261 g/mol. The van der Waals surface area contributed by atoms with Crippen molar-refractivity contribution < 1.29 is 0 Å². The third-order valence-corrected chi connectivity index (χ3v) is 3.58. The summed E-state index contributed by atoms with van der Waals surface area (Å²) in [5.74, 6) is 1.26. The number of nitrogens with zero attached hydrogens (tertiary/aromatic N) is 4. The molecule has 19 heavy (non-hydrogen) atoms. The molecule has 0 aliphatic heterocycles. The van der Waals surface area contributed by atoms with E-state index in [1.807, 2.05) is 6.92 Å². The highest BCUT2D eigenvalue weighted by molar-refractivity contribution is 5.48. The summed E-state index contributed by atoms with van der Waals surface area (Å²) in [5, 5.41) is 4.07. The topological polar surface area (TPSA) is 69.1 Å². The summed E-state index contributed by atoms with van der Waals surface area (Å²) in [6, 6.07) is 0. The van der Waals surface area contributed by atoms with Crippen LogP contribution in [0.15, 0.2) is 6.33 Å². The van der Waals surface area contributed by atoms with Gasteiger partial charge in [-0.1, -0.05) is 39.0 Å². The summed E-state index contributed by atoms with van der Waals surface area (Å²) in [5.41, 5.74) is 8.15. The first-order valence-corrected chi connectivity index (χ1v) is 7.18. The first-order chi connectivity index (χ1) is 9.24. The maximum atomic E-state index is 6.05. The molecule has 2 heterocycles. The van der Waals surface area contributed by atoms with Crippen LogP contribution in [-0.2, 0) is 6.42 Å². The van der Waals surface area contributed by atoms with E-state index >= 15 is 0 Å². The van der Waals surface area contributed by atoms with Crippen molar-refractivity contribution >= 4 is 11.6 Å². The molecule has 0 aliphatic rings. The Kier molecular flexibility index (Phi) is 4.71. The molecule has 0 saturated heterocycles. The highest BCUT2D eigenvalue weighted by Gasteiger charge is 2.10.